The zero-order chi connectivity index (χ0) is 9.60. The third kappa shape index (κ3) is 1.10. The van der Waals surface area contributed by atoms with Crippen molar-refractivity contribution in [2.75, 3.05) is 19.8 Å². The molecule has 2 atom stereocenters. The molecule has 1 saturated carbocycles. The minimum absolute atomic E-state index is 0.0799. The van der Waals surface area contributed by atoms with Crippen molar-refractivity contribution in [3.63, 3.8) is 0 Å². The maximum absolute atomic E-state index is 11.8. The average Bonchev–Trinajstić information content (AvgIpc) is 2.50. The van der Waals surface area contributed by atoms with Gasteiger partial charge in [-0.2, -0.15) is 0 Å². The summed E-state index contributed by atoms with van der Waals surface area (Å²) in [6.45, 7) is 2.07. The van der Waals surface area contributed by atoms with Crippen molar-refractivity contribution >= 4 is 5.91 Å². The van der Waals surface area contributed by atoms with Crippen molar-refractivity contribution in [2.24, 2.45) is 11.8 Å². The Kier molecular flexibility index (Phi) is 1.82. The summed E-state index contributed by atoms with van der Waals surface area (Å²) in [6.07, 6.45) is 2.92. The highest BCUT2D eigenvalue weighted by Gasteiger charge is 2.53. The molecule has 0 aromatic heterocycles. The smallest absolute Gasteiger partial charge is 0.228 e. The highest BCUT2D eigenvalue weighted by atomic mass is 16.7. The Labute approximate surface area is 82.9 Å². The van der Waals surface area contributed by atoms with Crippen LogP contribution in [0.5, 0.6) is 0 Å². The minimum Gasteiger partial charge on any atom is -0.355 e. The van der Waals surface area contributed by atoms with Gasteiger partial charge in [0.25, 0.3) is 0 Å². The number of rotatable bonds is 0. The first-order valence-corrected chi connectivity index (χ1v) is 5.36. The number of nitrogens with one attached hydrogen (secondary N) is 1. The number of ether oxygens (including phenoxy) is 2. The van der Waals surface area contributed by atoms with E-state index >= 15 is 0 Å². The zero-order valence-electron chi connectivity index (χ0n) is 8.12. The molecule has 4 aliphatic rings. The fourth-order valence-corrected chi connectivity index (χ4v) is 2.93. The molecule has 4 heteroatoms. The molecule has 0 aromatic rings. The van der Waals surface area contributed by atoms with Crippen molar-refractivity contribution in [1.82, 2.24) is 5.32 Å². The molecular formula is C10H15NO3. The van der Waals surface area contributed by atoms with Crippen LogP contribution in [0.1, 0.15) is 19.3 Å². The molecule has 4 rings (SSSR count). The van der Waals surface area contributed by atoms with Gasteiger partial charge in [-0.15, -0.1) is 0 Å². The van der Waals surface area contributed by atoms with Crippen molar-refractivity contribution < 1.29 is 14.3 Å². The molecule has 3 heterocycles. The lowest BCUT2D eigenvalue weighted by molar-refractivity contribution is -0.214. The topological polar surface area (TPSA) is 47.6 Å². The van der Waals surface area contributed by atoms with Crippen LogP contribution in [0.15, 0.2) is 0 Å². The average molecular weight is 197 g/mol. The first kappa shape index (κ1) is 8.68. The standard InChI is InChI=1S/C10H15NO3/c12-9-8-2-1-7(6-11-9)5-10(8)13-3-4-14-10/h7-8H,1-6H2,(H,11,12). The lowest BCUT2D eigenvalue weighted by atomic mass is 9.78. The fraction of sp³-hybridized carbons (Fsp3) is 0.900. The van der Waals surface area contributed by atoms with Gasteiger partial charge >= 0.3 is 0 Å². The van der Waals surface area contributed by atoms with Gasteiger partial charge in [0.2, 0.25) is 5.91 Å². The molecule has 4 fully saturated rings. The second-order valence-electron chi connectivity index (χ2n) is 4.45. The van der Waals surface area contributed by atoms with E-state index in [4.69, 9.17) is 9.47 Å². The van der Waals surface area contributed by atoms with E-state index in [1.165, 1.54) is 0 Å². The molecule has 0 radical (unpaired) electrons. The molecule has 4 nitrogen and oxygen atoms in total. The maximum Gasteiger partial charge on any atom is 0.228 e. The SMILES string of the molecule is O=C1NCC2CCC1C1(C2)OCCO1. The first-order valence-electron chi connectivity index (χ1n) is 5.36. The number of hydrogen-bond donors (Lipinski definition) is 1. The summed E-state index contributed by atoms with van der Waals surface area (Å²) in [5, 5.41) is 2.96. The van der Waals surface area contributed by atoms with Crippen molar-refractivity contribution in [1.29, 1.82) is 0 Å². The summed E-state index contributed by atoms with van der Waals surface area (Å²) in [6, 6.07) is 0. The number of hydrogen-bond acceptors (Lipinski definition) is 3. The third-order valence-electron chi connectivity index (χ3n) is 3.63. The van der Waals surface area contributed by atoms with Crippen molar-refractivity contribution in [2.45, 2.75) is 25.0 Å². The van der Waals surface area contributed by atoms with Crippen LogP contribution in [0.3, 0.4) is 0 Å². The Morgan fingerprint density at radius 3 is 2.86 bits per heavy atom. The van der Waals surface area contributed by atoms with E-state index in [2.05, 4.69) is 5.32 Å². The largest absolute Gasteiger partial charge is 0.355 e. The summed E-state index contributed by atoms with van der Waals surface area (Å²) >= 11 is 0. The van der Waals surface area contributed by atoms with Crippen LogP contribution in [0.2, 0.25) is 0 Å². The van der Waals surface area contributed by atoms with E-state index in [9.17, 15) is 4.79 Å². The molecule has 2 bridgehead atoms. The van der Waals surface area contributed by atoms with E-state index in [1.54, 1.807) is 0 Å². The van der Waals surface area contributed by atoms with E-state index in [0.717, 1.165) is 25.8 Å². The monoisotopic (exact) mass is 197 g/mol. The van der Waals surface area contributed by atoms with Gasteiger partial charge in [-0.1, -0.05) is 0 Å². The lowest BCUT2D eigenvalue weighted by Gasteiger charge is -2.38. The van der Waals surface area contributed by atoms with Crippen LogP contribution < -0.4 is 5.32 Å². The van der Waals surface area contributed by atoms with Crippen molar-refractivity contribution in [3.05, 3.63) is 0 Å². The predicted octanol–water partition coefficient (Wildman–Crippen LogP) is 0.276. The molecule has 1 aliphatic carbocycles. The predicted molar refractivity (Wildman–Crippen MR) is 48.5 cm³/mol. The molecule has 1 N–H and O–H groups in total. The van der Waals surface area contributed by atoms with Crippen LogP contribution >= 0.6 is 0 Å². The summed E-state index contributed by atoms with van der Waals surface area (Å²) < 4.78 is 11.4. The molecule has 1 amide bonds. The Morgan fingerprint density at radius 1 is 1.29 bits per heavy atom. The summed E-state index contributed by atoms with van der Waals surface area (Å²) in [5.74, 6) is 0.00944. The van der Waals surface area contributed by atoms with Gasteiger partial charge < -0.3 is 14.8 Å². The van der Waals surface area contributed by atoms with Crippen molar-refractivity contribution in [3.8, 4) is 0 Å². The lowest BCUT2D eigenvalue weighted by Crippen LogP contribution is -2.47. The first-order chi connectivity index (χ1) is 6.80. The fourth-order valence-electron chi connectivity index (χ4n) is 2.93. The van der Waals surface area contributed by atoms with Crippen LogP contribution in [-0.4, -0.2) is 31.5 Å². The van der Waals surface area contributed by atoms with Gasteiger partial charge in [-0.3, -0.25) is 4.79 Å². The Balaban J connectivity index is 1.94. The van der Waals surface area contributed by atoms with Gasteiger partial charge in [0.15, 0.2) is 5.79 Å². The molecule has 14 heavy (non-hydrogen) atoms. The van der Waals surface area contributed by atoms with Gasteiger partial charge in [-0.05, 0) is 18.8 Å². The quantitative estimate of drug-likeness (QED) is 0.606. The van der Waals surface area contributed by atoms with Crippen LogP contribution in [0.4, 0.5) is 0 Å². The molecule has 2 unspecified atom stereocenters. The summed E-state index contributed by atoms with van der Waals surface area (Å²) in [7, 11) is 0. The number of fused-ring (bicyclic) bond motifs is 3. The van der Waals surface area contributed by atoms with Gasteiger partial charge in [0, 0.05) is 13.0 Å². The van der Waals surface area contributed by atoms with Crippen LogP contribution in [0.25, 0.3) is 0 Å². The molecule has 3 saturated heterocycles. The van der Waals surface area contributed by atoms with E-state index in [0.29, 0.717) is 19.1 Å². The Hall–Kier alpha value is -0.610. The number of carbonyl (C=O) groups excluding carboxylic acids is 1. The maximum atomic E-state index is 11.8. The Bertz CT molecular complexity index is 260. The highest BCUT2D eigenvalue weighted by Crippen LogP contribution is 2.44. The third-order valence-corrected chi connectivity index (χ3v) is 3.63. The molecule has 0 aromatic carbocycles. The second kappa shape index (κ2) is 2.94. The molecule has 1 spiro atoms. The summed E-state index contributed by atoms with van der Waals surface area (Å²) in [5.41, 5.74) is 0. The zero-order valence-corrected chi connectivity index (χ0v) is 8.12. The highest BCUT2D eigenvalue weighted by molar-refractivity contribution is 5.80. The molecule has 3 aliphatic heterocycles. The van der Waals surface area contributed by atoms with Crippen LogP contribution in [-0.2, 0) is 14.3 Å². The van der Waals surface area contributed by atoms with E-state index in [1.807, 2.05) is 0 Å². The second-order valence-corrected chi connectivity index (χ2v) is 4.45. The minimum atomic E-state index is -0.566. The van der Waals surface area contributed by atoms with Gasteiger partial charge in [0.1, 0.15) is 0 Å². The van der Waals surface area contributed by atoms with Gasteiger partial charge in [-0.25, -0.2) is 0 Å². The molecular weight excluding hydrogens is 182 g/mol. The van der Waals surface area contributed by atoms with Gasteiger partial charge in [0.05, 0.1) is 19.1 Å². The number of carbonyl (C=O) groups is 1. The van der Waals surface area contributed by atoms with Crippen LogP contribution in [0, 0.1) is 11.8 Å². The van der Waals surface area contributed by atoms with E-state index in [-0.39, 0.29) is 11.8 Å². The summed E-state index contributed by atoms with van der Waals surface area (Å²) in [4.78, 5) is 11.8. The van der Waals surface area contributed by atoms with E-state index < -0.39 is 5.79 Å². The Morgan fingerprint density at radius 2 is 2.07 bits per heavy atom. The normalized spacial score (nSPS) is 39.9. The number of amides is 1. The molecule has 78 valence electrons.